The van der Waals surface area contributed by atoms with Gasteiger partial charge in [-0.05, 0) is 61.7 Å². The van der Waals surface area contributed by atoms with E-state index in [2.05, 4.69) is 0 Å². The van der Waals surface area contributed by atoms with Gasteiger partial charge >= 0.3 is 5.97 Å². The Bertz CT molecular complexity index is 1010. The van der Waals surface area contributed by atoms with Crippen LogP contribution in [0.5, 0.6) is 0 Å². The van der Waals surface area contributed by atoms with Gasteiger partial charge in [0.1, 0.15) is 0 Å². The molecule has 0 unspecified atom stereocenters. The Hall–Kier alpha value is -2.74. The fourth-order valence-corrected chi connectivity index (χ4v) is 4.51. The molecule has 2 aliphatic rings. The van der Waals surface area contributed by atoms with Crippen LogP contribution in [0.25, 0.3) is 0 Å². The highest BCUT2D eigenvalue weighted by atomic mass is 35.5. The number of piperidine rings is 1. The number of rotatable bonds is 5. The lowest BCUT2D eigenvalue weighted by atomic mass is 9.84. The zero-order valence-electron chi connectivity index (χ0n) is 17.8. The van der Waals surface area contributed by atoms with Gasteiger partial charge in [0, 0.05) is 18.1 Å². The number of ether oxygens (including phenoxy) is 1. The van der Waals surface area contributed by atoms with Crippen LogP contribution in [0.3, 0.4) is 0 Å². The van der Waals surface area contributed by atoms with E-state index >= 15 is 0 Å². The number of hydrogen-bond acceptors (Lipinski definition) is 6. The quantitative estimate of drug-likeness (QED) is 0.549. The van der Waals surface area contributed by atoms with Gasteiger partial charge in [-0.1, -0.05) is 23.7 Å². The van der Waals surface area contributed by atoms with E-state index in [1.807, 2.05) is 17.0 Å². The maximum Gasteiger partial charge on any atom is 0.338 e. The van der Waals surface area contributed by atoms with Crippen molar-refractivity contribution in [3.63, 3.8) is 0 Å². The summed E-state index contributed by atoms with van der Waals surface area (Å²) in [7, 11) is 0. The Balaban J connectivity index is 1.43. The van der Waals surface area contributed by atoms with Crippen molar-refractivity contribution in [3.8, 4) is 0 Å². The SMILES string of the molecule is CCOC(=O)c1ccc(N2C(=O)C[C@H](N3CCC(O)(c4ccc(Cl)cc4)CC3)C2=O)cc1. The van der Waals surface area contributed by atoms with Crippen molar-refractivity contribution in [2.75, 3.05) is 24.6 Å². The zero-order chi connectivity index (χ0) is 22.9. The molecule has 2 saturated heterocycles. The van der Waals surface area contributed by atoms with Crippen molar-refractivity contribution in [1.29, 1.82) is 0 Å². The van der Waals surface area contributed by atoms with Crippen LogP contribution in [0.1, 0.15) is 42.1 Å². The number of amides is 2. The van der Waals surface area contributed by atoms with Gasteiger partial charge in [-0.15, -0.1) is 0 Å². The van der Waals surface area contributed by atoms with Crippen LogP contribution in [-0.4, -0.2) is 53.5 Å². The second kappa shape index (κ2) is 9.02. The maximum absolute atomic E-state index is 13.1. The molecule has 1 N–H and O–H groups in total. The van der Waals surface area contributed by atoms with Crippen LogP contribution in [-0.2, 0) is 19.9 Å². The van der Waals surface area contributed by atoms with Crippen LogP contribution in [0.15, 0.2) is 48.5 Å². The fraction of sp³-hybridized carbons (Fsp3) is 0.375. The third-order valence-electron chi connectivity index (χ3n) is 6.21. The molecule has 1 atom stereocenters. The summed E-state index contributed by atoms with van der Waals surface area (Å²) in [6.07, 6.45) is 1.01. The number of likely N-dealkylation sites (tertiary alicyclic amines) is 1. The fourth-order valence-electron chi connectivity index (χ4n) is 4.39. The van der Waals surface area contributed by atoms with Crippen molar-refractivity contribution < 1.29 is 24.2 Å². The molecule has 0 saturated carbocycles. The molecular formula is C24H25ClN2O5. The number of nitrogens with zero attached hydrogens (tertiary/aromatic N) is 2. The minimum Gasteiger partial charge on any atom is -0.462 e. The second-order valence-electron chi connectivity index (χ2n) is 8.13. The Kier molecular flexibility index (Phi) is 6.33. The van der Waals surface area contributed by atoms with E-state index in [4.69, 9.17) is 16.3 Å². The highest BCUT2D eigenvalue weighted by Gasteiger charge is 2.45. The molecule has 2 heterocycles. The molecule has 32 heavy (non-hydrogen) atoms. The molecule has 2 aromatic carbocycles. The molecule has 168 valence electrons. The monoisotopic (exact) mass is 456 g/mol. The van der Waals surface area contributed by atoms with E-state index in [0.717, 1.165) is 5.56 Å². The molecule has 0 aromatic heterocycles. The molecule has 0 radical (unpaired) electrons. The molecule has 0 bridgehead atoms. The molecule has 0 aliphatic carbocycles. The van der Waals surface area contributed by atoms with E-state index in [1.165, 1.54) is 4.90 Å². The molecule has 0 spiro atoms. The molecule has 2 aliphatic heterocycles. The van der Waals surface area contributed by atoms with Crippen molar-refractivity contribution >= 4 is 35.1 Å². The number of anilines is 1. The van der Waals surface area contributed by atoms with E-state index in [9.17, 15) is 19.5 Å². The lowest BCUT2D eigenvalue weighted by Gasteiger charge is -2.40. The number of carbonyl (C=O) groups is 3. The summed E-state index contributed by atoms with van der Waals surface area (Å²) in [5, 5.41) is 11.7. The van der Waals surface area contributed by atoms with Crippen LogP contribution >= 0.6 is 11.6 Å². The Morgan fingerprint density at radius 2 is 1.72 bits per heavy atom. The molecule has 4 rings (SSSR count). The third-order valence-corrected chi connectivity index (χ3v) is 6.46. The van der Waals surface area contributed by atoms with Gasteiger partial charge in [-0.3, -0.25) is 14.5 Å². The smallest absolute Gasteiger partial charge is 0.338 e. The van der Waals surface area contributed by atoms with Crippen molar-refractivity contribution in [3.05, 3.63) is 64.7 Å². The van der Waals surface area contributed by atoms with Gasteiger partial charge < -0.3 is 9.84 Å². The van der Waals surface area contributed by atoms with Gasteiger partial charge in [-0.25, -0.2) is 9.69 Å². The molecule has 8 heteroatoms. The standard InChI is InChI=1S/C24H25ClN2O5/c1-2-32-23(30)16-3-9-19(10-4-16)27-21(28)15-20(22(27)29)26-13-11-24(31,12-14-26)17-5-7-18(25)8-6-17/h3-10,20,31H,2,11-15H2,1H3/t20-/m0/s1. The number of imide groups is 1. The number of hydrogen-bond donors (Lipinski definition) is 1. The number of halogens is 1. The molecule has 2 amide bonds. The topological polar surface area (TPSA) is 87.2 Å². The van der Waals surface area contributed by atoms with Gasteiger partial charge in [0.2, 0.25) is 5.91 Å². The lowest BCUT2D eigenvalue weighted by Crippen LogP contribution is -2.49. The molecule has 2 fully saturated rings. The highest BCUT2D eigenvalue weighted by Crippen LogP contribution is 2.36. The summed E-state index contributed by atoms with van der Waals surface area (Å²) in [6.45, 7) is 3.00. The first-order chi connectivity index (χ1) is 15.3. The van der Waals surface area contributed by atoms with E-state index in [1.54, 1.807) is 43.3 Å². The first-order valence-corrected chi connectivity index (χ1v) is 11.1. The minimum atomic E-state index is -0.977. The Morgan fingerprint density at radius 1 is 1.09 bits per heavy atom. The predicted octanol–water partition coefficient (Wildman–Crippen LogP) is 3.13. The second-order valence-corrected chi connectivity index (χ2v) is 8.57. The molecule has 2 aromatic rings. The van der Waals surface area contributed by atoms with Gasteiger partial charge in [-0.2, -0.15) is 0 Å². The van der Waals surface area contributed by atoms with Gasteiger partial charge in [0.15, 0.2) is 0 Å². The van der Waals surface area contributed by atoms with Crippen LogP contribution in [0.2, 0.25) is 5.02 Å². The van der Waals surface area contributed by atoms with E-state index < -0.39 is 17.6 Å². The summed E-state index contributed by atoms with van der Waals surface area (Å²) >= 11 is 5.95. The number of benzene rings is 2. The summed E-state index contributed by atoms with van der Waals surface area (Å²) in [6, 6.07) is 12.9. The van der Waals surface area contributed by atoms with Crippen molar-refractivity contribution in [2.45, 2.75) is 37.8 Å². The van der Waals surface area contributed by atoms with Crippen molar-refractivity contribution in [1.82, 2.24) is 4.90 Å². The highest BCUT2D eigenvalue weighted by molar-refractivity contribution is 6.30. The summed E-state index contributed by atoms with van der Waals surface area (Å²) in [4.78, 5) is 40.7. The minimum absolute atomic E-state index is 0.0951. The number of esters is 1. The van der Waals surface area contributed by atoms with Crippen LogP contribution in [0.4, 0.5) is 5.69 Å². The van der Waals surface area contributed by atoms with E-state index in [0.29, 0.717) is 42.2 Å². The Labute approximate surface area is 191 Å². The van der Waals surface area contributed by atoms with Gasteiger partial charge in [0.25, 0.3) is 5.91 Å². The average Bonchev–Trinajstić information content (AvgIpc) is 3.09. The van der Waals surface area contributed by atoms with Crippen LogP contribution < -0.4 is 4.90 Å². The van der Waals surface area contributed by atoms with Crippen LogP contribution in [0, 0.1) is 0 Å². The van der Waals surface area contributed by atoms with E-state index in [-0.39, 0.29) is 24.8 Å². The third kappa shape index (κ3) is 4.28. The summed E-state index contributed by atoms with van der Waals surface area (Å²) in [5.41, 5.74) is 0.628. The number of aliphatic hydroxyl groups is 1. The zero-order valence-corrected chi connectivity index (χ0v) is 18.5. The largest absolute Gasteiger partial charge is 0.462 e. The average molecular weight is 457 g/mol. The molecule has 7 nitrogen and oxygen atoms in total. The normalized spacial score (nSPS) is 21.1. The van der Waals surface area contributed by atoms with Crippen molar-refractivity contribution in [2.24, 2.45) is 0 Å². The number of carbonyl (C=O) groups excluding carboxylic acids is 3. The maximum atomic E-state index is 13.1. The lowest BCUT2D eigenvalue weighted by molar-refractivity contribution is -0.124. The predicted molar refractivity (Wildman–Crippen MR) is 119 cm³/mol. The first kappa shape index (κ1) is 22.5. The van der Waals surface area contributed by atoms with Gasteiger partial charge in [0.05, 0.1) is 35.9 Å². The summed E-state index contributed by atoms with van der Waals surface area (Å²) < 4.78 is 4.97. The summed E-state index contributed by atoms with van der Waals surface area (Å²) in [5.74, 6) is -1.00. The Morgan fingerprint density at radius 3 is 2.31 bits per heavy atom. The molecular weight excluding hydrogens is 432 g/mol. The first-order valence-electron chi connectivity index (χ1n) is 10.7.